The molecule has 1 unspecified atom stereocenters. The fourth-order valence-corrected chi connectivity index (χ4v) is 5.13. The summed E-state index contributed by atoms with van der Waals surface area (Å²) >= 11 is 6.09. The lowest BCUT2D eigenvalue weighted by molar-refractivity contribution is -0.140. The number of methoxy groups -OCH3 is 1. The zero-order valence-electron chi connectivity index (χ0n) is 23.4. The molecule has 2 amide bonds. The standard InChI is InChI=1S/C30H36ClN3O5S/c1-30(2,3)32-29(36)27(19-22-9-7-6-8-10-22)33(20-23-11-13-24(31)14-12-23)28(35)21-34(40(5,37)38)25-15-17-26(39-4)18-16-25/h6-18,27H,19-21H2,1-5H3,(H,32,36). The molecule has 3 aromatic carbocycles. The van der Waals surface area contributed by atoms with Crippen LogP contribution in [0.15, 0.2) is 78.9 Å². The Bertz CT molecular complexity index is 1390. The fraction of sp³-hybridized carbons (Fsp3) is 0.333. The van der Waals surface area contributed by atoms with E-state index in [2.05, 4.69) is 5.32 Å². The summed E-state index contributed by atoms with van der Waals surface area (Å²) in [6, 6.07) is 21.9. The number of anilines is 1. The van der Waals surface area contributed by atoms with Crippen molar-refractivity contribution in [2.75, 3.05) is 24.2 Å². The predicted octanol–water partition coefficient (Wildman–Crippen LogP) is 4.67. The number of nitrogens with zero attached hydrogens (tertiary/aromatic N) is 2. The van der Waals surface area contributed by atoms with Gasteiger partial charge in [-0.3, -0.25) is 13.9 Å². The molecule has 0 fully saturated rings. The van der Waals surface area contributed by atoms with E-state index >= 15 is 0 Å². The molecule has 0 heterocycles. The summed E-state index contributed by atoms with van der Waals surface area (Å²) in [4.78, 5) is 29.2. The Hall–Kier alpha value is -3.56. The molecule has 0 saturated carbocycles. The van der Waals surface area contributed by atoms with Crippen LogP contribution in [0.25, 0.3) is 0 Å². The van der Waals surface area contributed by atoms with Crippen LogP contribution in [-0.2, 0) is 32.6 Å². The SMILES string of the molecule is COc1ccc(N(CC(=O)N(Cc2ccc(Cl)cc2)C(Cc2ccccc2)C(=O)NC(C)(C)C)S(C)(=O)=O)cc1. The number of benzene rings is 3. The van der Waals surface area contributed by atoms with Gasteiger partial charge in [0.25, 0.3) is 0 Å². The Morgan fingerprint density at radius 3 is 2.05 bits per heavy atom. The first-order valence-corrected chi connectivity index (χ1v) is 15.0. The van der Waals surface area contributed by atoms with E-state index in [0.29, 0.717) is 16.5 Å². The highest BCUT2D eigenvalue weighted by molar-refractivity contribution is 7.92. The minimum Gasteiger partial charge on any atom is -0.497 e. The van der Waals surface area contributed by atoms with Crippen molar-refractivity contribution >= 4 is 39.1 Å². The second-order valence-corrected chi connectivity index (χ2v) is 12.9. The molecular weight excluding hydrogens is 550 g/mol. The first kappa shape index (κ1) is 31.0. The summed E-state index contributed by atoms with van der Waals surface area (Å²) in [5.41, 5.74) is 1.36. The van der Waals surface area contributed by atoms with Gasteiger partial charge in [0.05, 0.1) is 19.1 Å². The van der Waals surface area contributed by atoms with Crippen molar-refractivity contribution < 1.29 is 22.7 Å². The van der Waals surface area contributed by atoms with Gasteiger partial charge in [0.2, 0.25) is 21.8 Å². The molecule has 40 heavy (non-hydrogen) atoms. The second-order valence-electron chi connectivity index (χ2n) is 10.6. The zero-order valence-corrected chi connectivity index (χ0v) is 25.0. The maximum Gasteiger partial charge on any atom is 0.244 e. The van der Waals surface area contributed by atoms with E-state index in [4.69, 9.17) is 16.3 Å². The summed E-state index contributed by atoms with van der Waals surface area (Å²) in [7, 11) is -2.34. The van der Waals surface area contributed by atoms with Gasteiger partial charge >= 0.3 is 0 Å². The van der Waals surface area contributed by atoms with Gasteiger partial charge in [-0.05, 0) is 68.3 Å². The number of hydrogen-bond acceptors (Lipinski definition) is 5. The van der Waals surface area contributed by atoms with Gasteiger partial charge in [-0.25, -0.2) is 8.42 Å². The second kappa shape index (κ2) is 13.2. The third-order valence-electron chi connectivity index (χ3n) is 6.08. The fourth-order valence-electron chi connectivity index (χ4n) is 4.16. The van der Waals surface area contributed by atoms with Crippen LogP contribution in [0.5, 0.6) is 5.75 Å². The van der Waals surface area contributed by atoms with Crippen molar-refractivity contribution in [3.8, 4) is 5.75 Å². The molecule has 0 aliphatic carbocycles. The highest BCUT2D eigenvalue weighted by atomic mass is 35.5. The molecule has 10 heteroatoms. The summed E-state index contributed by atoms with van der Waals surface area (Å²) < 4.78 is 31.9. The van der Waals surface area contributed by atoms with E-state index in [1.165, 1.54) is 12.0 Å². The number of rotatable bonds is 11. The van der Waals surface area contributed by atoms with E-state index in [-0.39, 0.29) is 18.9 Å². The van der Waals surface area contributed by atoms with Crippen LogP contribution in [-0.4, -0.2) is 56.6 Å². The maximum absolute atomic E-state index is 14.1. The first-order valence-electron chi connectivity index (χ1n) is 12.8. The highest BCUT2D eigenvalue weighted by Gasteiger charge is 2.34. The smallest absolute Gasteiger partial charge is 0.244 e. The molecule has 0 bridgehead atoms. The molecule has 0 radical (unpaired) electrons. The van der Waals surface area contributed by atoms with Gasteiger partial charge in [-0.1, -0.05) is 54.1 Å². The van der Waals surface area contributed by atoms with Crippen LogP contribution in [0.1, 0.15) is 31.9 Å². The zero-order chi connectivity index (χ0) is 29.5. The van der Waals surface area contributed by atoms with Gasteiger partial charge in [0.15, 0.2) is 0 Å². The maximum atomic E-state index is 14.1. The van der Waals surface area contributed by atoms with Crippen LogP contribution >= 0.6 is 11.6 Å². The van der Waals surface area contributed by atoms with Gasteiger partial charge in [-0.15, -0.1) is 0 Å². The van der Waals surface area contributed by atoms with Gasteiger partial charge in [-0.2, -0.15) is 0 Å². The van der Waals surface area contributed by atoms with Gasteiger partial charge < -0.3 is 15.0 Å². The molecular formula is C30H36ClN3O5S. The van der Waals surface area contributed by atoms with Crippen molar-refractivity contribution in [3.63, 3.8) is 0 Å². The number of ether oxygens (including phenoxy) is 1. The van der Waals surface area contributed by atoms with Crippen molar-refractivity contribution in [2.45, 2.75) is 45.3 Å². The Balaban J connectivity index is 2.05. The van der Waals surface area contributed by atoms with E-state index in [0.717, 1.165) is 21.7 Å². The quantitative estimate of drug-likeness (QED) is 0.353. The molecule has 0 saturated heterocycles. The number of carbonyl (C=O) groups is 2. The monoisotopic (exact) mass is 585 g/mol. The summed E-state index contributed by atoms with van der Waals surface area (Å²) in [6.07, 6.45) is 1.28. The number of sulfonamides is 1. The lowest BCUT2D eigenvalue weighted by Crippen LogP contribution is -2.56. The van der Waals surface area contributed by atoms with E-state index in [9.17, 15) is 18.0 Å². The minimum absolute atomic E-state index is 0.0747. The van der Waals surface area contributed by atoms with Crippen molar-refractivity contribution in [1.29, 1.82) is 0 Å². The van der Waals surface area contributed by atoms with Crippen LogP contribution in [0, 0.1) is 0 Å². The molecule has 8 nitrogen and oxygen atoms in total. The molecule has 3 rings (SSSR count). The summed E-state index contributed by atoms with van der Waals surface area (Å²) in [5, 5.41) is 3.54. The number of nitrogens with one attached hydrogen (secondary N) is 1. The Morgan fingerprint density at radius 1 is 0.925 bits per heavy atom. The Labute approximate surface area is 241 Å². The average Bonchev–Trinajstić information content (AvgIpc) is 2.89. The van der Waals surface area contributed by atoms with Gasteiger partial charge in [0.1, 0.15) is 18.3 Å². The largest absolute Gasteiger partial charge is 0.497 e. The van der Waals surface area contributed by atoms with E-state index in [1.807, 2.05) is 51.1 Å². The number of carbonyl (C=O) groups excluding carboxylic acids is 2. The molecule has 1 N–H and O–H groups in total. The third-order valence-corrected chi connectivity index (χ3v) is 7.47. The van der Waals surface area contributed by atoms with E-state index in [1.54, 1.807) is 48.5 Å². The molecule has 0 aliphatic heterocycles. The van der Waals surface area contributed by atoms with Crippen LogP contribution < -0.4 is 14.4 Å². The molecule has 1 atom stereocenters. The molecule has 3 aromatic rings. The highest BCUT2D eigenvalue weighted by Crippen LogP contribution is 2.23. The lowest BCUT2D eigenvalue weighted by atomic mass is 10.0. The summed E-state index contributed by atoms with van der Waals surface area (Å²) in [5.74, 6) is -0.315. The Morgan fingerprint density at radius 2 is 1.52 bits per heavy atom. The lowest BCUT2D eigenvalue weighted by Gasteiger charge is -2.35. The average molecular weight is 586 g/mol. The third kappa shape index (κ3) is 8.99. The van der Waals surface area contributed by atoms with Crippen LogP contribution in [0.3, 0.4) is 0 Å². The molecule has 0 aromatic heterocycles. The van der Waals surface area contributed by atoms with Crippen LogP contribution in [0.4, 0.5) is 5.69 Å². The van der Waals surface area contributed by atoms with Crippen LogP contribution in [0.2, 0.25) is 5.02 Å². The normalized spacial score (nSPS) is 12.3. The van der Waals surface area contributed by atoms with Crippen molar-refractivity contribution in [2.24, 2.45) is 0 Å². The molecule has 0 aliphatic rings. The number of halogens is 1. The molecule has 214 valence electrons. The minimum atomic E-state index is -3.85. The number of amides is 2. The van der Waals surface area contributed by atoms with Crippen molar-refractivity contribution in [3.05, 3.63) is 95.0 Å². The predicted molar refractivity (Wildman–Crippen MR) is 159 cm³/mol. The van der Waals surface area contributed by atoms with Crippen molar-refractivity contribution in [1.82, 2.24) is 10.2 Å². The Kier molecular flexibility index (Phi) is 10.2. The number of hydrogen-bond donors (Lipinski definition) is 1. The summed E-state index contributed by atoms with van der Waals surface area (Å²) in [6.45, 7) is 5.18. The molecule has 0 spiro atoms. The topological polar surface area (TPSA) is 96.0 Å². The van der Waals surface area contributed by atoms with Gasteiger partial charge in [0, 0.05) is 23.5 Å². The van der Waals surface area contributed by atoms with E-state index < -0.39 is 34.1 Å². The first-order chi connectivity index (χ1) is 18.8.